The Morgan fingerprint density at radius 2 is 1.95 bits per heavy atom. The van der Waals surface area contributed by atoms with Gasteiger partial charge in [0, 0.05) is 40.2 Å². The van der Waals surface area contributed by atoms with Crippen LogP contribution in [0.25, 0.3) is 0 Å². The van der Waals surface area contributed by atoms with Gasteiger partial charge in [-0.2, -0.15) is 0 Å². The molecule has 0 bridgehead atoms. The first kappa shape index (κ1) is 26.0. The number of hydrogen-bond acceptors (Lipinski definition) is 5. The number of carbonyl (C=O) groups is 2. The highest BCUT2D eigenvalue weighted by Crippen LogP contribution is 2.34. The van der Waals surface area contributed by atoms with E-state index in [4.69, 9.17) is 32.7 Å². The number of nitrogens with zero attached hydrogens (tertiary/aromatic N) is 2. The van der Waals surface area contributed by atoms with Crippen molar-refractivity contribution in [1.82, 2.24) is 9.80 Å². The van der Waals surface area contributed by atoms with E-state index in [2.05, 4.69) is 11.4 Å². The van der Waals surface area contributed by atoms with Gasteiger partial charge >= 0.3 is 0 Å². The van der Waals surface area contributed by atoms with Gasteiger partial charge in [-0.1, -0.05) is 29.3 Å². The van der Waals surface area contributed by atoms with E-state index in [1.165, 1.54) is 4.88 Å². The summed E-state index contributed by atoms with van der Waals surface area (Å²) in [6, 6.07) is 15.8. The molecule has 0 radical (unpaired) electrons. The summed E-state index contributed by atoms with van der Waals surface area (Å²) in [6.45, 7) is 1.88. The van der Waals surface area contributed by atoms with Crippen LogP contribution in [0.2, 0.25) is 10.0 Å². The topological polar surface area (TPSA) is 59.1 Å². The molecule has 5 rings (SSSR count). The summed E-state index contributed by atoms with van der Waals surface area (Å²) in [6.07, 6.45) is 2.52. The number of halogens is 2. The molecule has 2 amide bonds. The highest BCUT2D eigenvalue weighted by molar-refractivity contribution is 7.10. The van der Waals surface area contributed by atoms with Gasteiger partial charge in [0.2, 0.25) is 5.91 Å². The molecule has 0 aliphatic carbocycles. The maximum atomic E-state index is 13.8. The summed E-state index contributed by atoms with van der Waals surface area (Å²) in [4.78, 5) is 32.0. The van der Waals surface area contributed by atoms with Crippen LogP contribution in [-0.2, 0) is 16.0 Å². The molecule has 194 valence electrons. The molecule has 0 N–H and O–H groups in total. The SMILES string of the molecule is O=C(c1cccc(Cl)c1)N(CC(=O)N1CCc2sccc2[C@H]1COc1ccc(Cl)cc1)C[C@@H]1CCCO1. The first-order chi connectivity index (χ1) is 18.0. The van der Waals surface area contributed by atoms with Crippen LogP contribution >= 0.6 is 34.5 Å². The van der Waals surface area contributed by atoms with Crippen molar-refractivity contribution >= 4 is 46.4 Å². The second-order valence-electron chi connectivity index (χ2n) is 9.25. The van der Waals surface area contributed by atoms with Gasteiger partial charge in [-0.05, 0) is 78.7 Å². The lowest BCUT2D eigenvalue weighted by molar-refractivity contribution is -0.135. The molecule has 3 aromatic rings. The van der Waals surface area contributed by atoms with Crippen LogP contribution in [0.5, 0.6) is 5.75 Å². The molecule has 0 spiro atoms. The van der Waals surface area contributed by atoms with E-state index in [0.717, 1.165) is 24.8 Å². The third-order valence-corrected chi connectivity index (χ3v) is 8.25. The predicted octanol–water partition coefficient (Wildman–Crippen LogP) is 5.88. The minimum absolute atomic E-state index is 0.0396. The summed E-state index contributed by atoms with van der Waals surface area (Å²) in [7, 11) is 0. The van der Waals surface area contributed by atoms with Crippen LogP contribution in [0.15, 0.2) is 60.0 Å². The molecular weight excluding hydrogens is 531 g/mol. The van der Waals surface area contributed by atoms with Crippen molar-refractivity contribution in [2.45, 2.75) is 31.4 Å². The quantitative estimate of drug-likeness (QED) is 0.346. The van der Waals surface area contributed by atoms with Crippen molar-refractivity contribution in [2.75, 3.05) is 32.8 Å². The largest absolute Gasteiger partial charge is 0.491 e. The van der Waals surface area contributed by atoms with E-state index < -0.39 is 0 Å². The normalized spacial score (nSPS) is 18.9. The van der Waals surface area contributed by atoms with Crippen molar-refractivity contribution in [2.24, 2.45) is 0 Å². The highest BCUT2D eigenvalue weighted by atomic mass is 35.5. The Hall–Kier alpha value is -2.58. The van der Waals surface area contributed by atoms with Gasteiger partial charge in [0.1, 0.15) is 18.9 Å². The molecular formula is C28H28Cl2N2O4S. The summed E-state index contributed by atoms with van der Waals surface area (Å²) < 4.78 is 11.9. The number of benzene rings is 2. The molecule has 2 aliphatic heterocycles. The lowest BCUT2D eigenvalue weighted by atomic mass is 10.00. The molecule has 37 heavy (non-hydrogen) atoms. The molecule has 3 heterocycles. The summed E-state index contributed by atoms with van der Waals surface area (Å²) in [5.41, 5.74) is 1.56. The standard InChI is InChI=1S/C28H28Cl2N2O4S/c29-20-6-8-22(9-7-20)36-18-25-24-11-14-37-26(24)10-12-32(25)27(33)17-31(16-23-5-2-13-35-23)28(34)19-3-1-4-21(30)15-19/h1,3-4,6-9,11,14-15,23,25H,2,5,10,12-13,16-18H2/t23-,25+/m0/s1. The fraction of sp³-hybridized carbons (Fsp3) is 0.357. The van der Waals surface area contributed by atoms with Gasteiger partial charge < -0.3 is 19.3 Å². The number of hydrogen-bond donors (Lipinski definition) is 0. The minimum Gasteiger partial charge on any atom is -0.491 e. The Morgan fingerprint density at radius 1 is 1.11 bits per heavy atom. The maximum absolute atomic E-state index is 13.8. The van der Waals surface area contributed by atoms with Crippen molar-refractivity contribution < 1.29 is 19.1 Å². The zero-order valence-corrected chi connectivity index (χ0v) is 22.6. The van der Waals surface area contributed by atoms with Crippen molar-refractivity contribution in [3.05, 3.63) is 86.0 Å². The van der Waals surface area contributed by atoms with Gasteiger partial charge in [-0.15, -0.1) is 11.3 Å². The van der Waals surface area contributed by atoms with E-state index in [9.17, 15) is 9.59 Å². The Morgan fingerprint density at radius 3 is 2.70 bits per heavy atom. The van der Waals surface area contributed by atoms with Crippen molar-refractivity contribution in [1.29, 1.82) is 0 Å². The van der Waals surface area contributed by atoms with Gasteiger partial charge in [0.05, 0.1) is 12.1 Å². The molecule has 1 fully saturated rings. The zero-order valence-electron chi connectivity index (χ0n) is 20.3. The van der Waals surface area contributed by atoms with Gasteiger partial charge in [-0.3, -0.25) is 9.59 Å². The van der Waals surface area contributed by atoms with Crippen molar-refractivity contribution in [3.63, 3.8) is 0 Å². The lowest BCUT2D eigenvalue weighted by Gasteiger charge is -2.37. The molecule has 2 atom stereocenters. The zero-order chi connectivity index (χ0) is 25.8. The predicted molar refractivity (Wildman–Crippen MR) is 146 cm³/mol. The first-order valence-electron chi connectivity index (χ1n) is 12.4. The second kappa shape index (κ2) is 11.9. The number of thiophene rings is 1. The molecule has 1 saturated heterocycles. The minimum atomic E-state index is -0.246. The van der Waals surface area contributed by atoms with Gasteiger partial charge in [0.15, 0.2) is 0 Å². The van der Waals surface area contributed by atoms with Gasteiger partial charge in [0.25, 0.3) is 5.91 Å². The molecule has 2 aromatic carbocycles. The van der Waals surface area contributed by atoms with E-state index >= 15 is 0 Å². The van der Waals surface area contributed by atoms with Crippen LogP contribution in [-0.4, -0.2) is 60.6 Å². The molecule has 2 aliphatic rings. The summed E-state index contributed by atoms with van der Waals surface area (Å²) in [5.74, 6) is 0.346. The monoisotopic (exact) mass is 558 g/mol. The van der Waals surface area contributed by atoms with Crippen LogP contribution in [0.3, 0.4) is 0 Å². The lowest BCUT2D eigenvalue weighted by Crippen LogP contribution is -2.49. The Bertz CT molecular complexity index is 1240. The second-order valence-corrected chi connectivity index (χ2v) is 11.1. The third-order valence-electron chi connectivity index (χ3n) is 6.77. The summed E-state index contributed by atoms with van der Waals surface area (Å²) in [5, 5.41) is 3.17. The number of amides is 2. The molecule has 6 nitrogen and oxygen atoms in total. The average Bonchev–Trinajstić information content (AvgIpc) is 3.59. The number of ether oxygens (including phenoxy) is 2. The number of rotatable bonds is 8. The van der Waals surface area contributed by atoms with Crippen LogP contribution in [0.1, 0.15) is 39.7 Å². The molecule has 0 unspecified atom stereocenters. The third kappa shape index (κ3) is 6.29. The molecule has 0 saturated carbocycles. The van der Waals surface area contributed by atoms with E-state index in [0.29, 0.717) is 47.7 Å². The number of carbonyl (C=O) groups excluding carboxylic acids is 2. The Labute approximate surface area is 230 Å². The van der Waals surface area contributed by atoms with E-state index in [-0.39, 0.29) is 30.5 Å². The van der Waals surface area contributed by atoms with E-state index in [1.807, 2.05) is 17.0 Å². The fourth-order valence-electron chi connectivity index (χ4n) is 4.89. The maximum Gasteiger partial charge on any atom is 0.254 e. The van der Waals surface area contributed by atoms with Crippen molar-refractivity contribution in [3.8, 4) is 5.75 Å². The smallest absolute Gasteiger partial charge is 0.254 e. The molecule has 1 aromatic heterocycles. The van der Waals surface area contributed by atoms with Crippen LogP contribution in [0, 0.1) is 0 Å². The van der Waals surface area contributed by atoms with Crippen LogP contribution < -0.4 is 4.74 Å². The first-order valence-corrected chi connectivity index (χ1v) is 14.0. The number of fused-ring (bicyclic) bond motifs is 1. The average molecular weight is 560 g/mol. The van der Waals surface area contributed by atoms with Gasteiger partial charge in [-0.25, -0.2) is 0 Å². The highest BCUT2D eigenvalue weighted by Gasteiger charge is 2.34. The Balaban J connectivity index is 1.35. The Kier molecular flexibility index (Phi) is 8.35. The van der Waals surface area contributed by atoms with E-state index in [1.54, 1.807) is 52.6 Å². The van der Waals surface area contributed by atoms with Crippen LogP contribution in [0.4, 0.5) is 0 Å². The summed E-state index contributed by atoms with van der Waals surface area (Å²) >= 11 is 13.9. The molecule has 9 heteroatoms. The fourth-order valence-corrected chi connectivity index (χ4v) is 6.14.